The Bertz CT molecular complexity index is 1150. The van der Waals surface area contributed by atoms with Crippen LogP contribution in [0.3, 0.4) is 0 Å². The Morgan fingerprint density at radius 3 is 2.74 bits per heavy atom. The number of amides is 1. The molecule has 10 nitrogen and oxygen atoms in total. The van der Waals surface area contributed by atoms with E-state index in [9.17, 15) is 18.7 Å². The van der Waals surface area contributed by atoms with Crippen LogP contribution in [0, 0.1) is 0 Å². The van der Waals surface area contributed by atoms with E-state index in [0.717, 1.165) is 18.4 Å². The van der Waals surface area contributed by atoms with E-state index < -0.39 is 17.2 Å². The van der Waals surface area contributed by atoms with Gasteiger partial charge in [-0.1, -0.05) is 12.1 Å². The fraction of sp³-hybridized carbons (Fsp3) is 0.364. The largest absolute Gasteiger partial charge is 0.755 e. The molecule has 2 unspecified atom stereocenters. The molecule has 2 heterocycles. The van der Waals surface area contributed by atoms with E-state index in [2.05, 4.69) is 20.3 Å². The van der Waals surface area contributed by atoms with E-state index in [1.54, 1.807) is 29.9 Å². The third-order valence-electron chi connectivity index (χ3n) is 5.18. The fourth-order valence-electron chi connectivity index (χ4n) is 3.39. The number of carbonyl (C=O) groups is 1. The van der Waals surface area contributed by atoms with E-state index in [1.165, 1.54) is 15.6 Å². The van der Waals surface area contributed by atoms with E-state index in [4.69, 9.17) is 4.74 Å². The normalized spacial score (nSPS) is 14.9. The Balaban J connectivity index is 1.47. The summed E-state index contributed by atoms with van der Waals surface area (Å²) in [6, 6.07) is 7.06. The summed E-state index contributed by atoms with van der Waals surface area (Å²) in [6.07, 6.45) is 4.93. The molecule has 2 aromatic heterocycles. The summed E-state index contributed by atoms with van der Waals surface area (Å²) < 4.78 is 29.8. The molecule has 12 heteroatoms. The molecule has 2 N–H and O–H groups in total. The Morgan fingerprint density at radius 1 is 1.32 bits per heavy atom. The number of aliphatic hydroxyl groups is 1. The number of carbonyl (C=O) groups excluding carboxylic acids is 1. The average Bonchev–Trinajstić information content (AvgIpc) is 3.54. The molecule has 1 aliphatic rings. The van der Waals surface area contributed by atoms with E-state index in [0.29, 0.717) is 34.7 Å². The number of rotatable bonds is 11. The van der Waals surface area contributed by atoms with Crippen LogP contribution in [0.2, 0.25) is 0 Å². The molecule has 2 atom stereocenters. The summed E-state index contributed by atoms with van der Waals surface area (Å²) in [4.78, 5) is 26.0. The summed E-state index contributed by atoms with van der Waals surface area (Å²) in [5, 5.41) is 14.4. The molecule has 0 radical (unpaired) electrons. The van der Waals surface area contributed by atoms with E-state index in [1.807, 2.05) is 19.1 Å². The first-order chi connectivity index (χ1) is 16.5. The van der Waals surface area contributed by atoms with Crippen molar-refractivity contribution in [2.45, 2.75) is 38.1 Å². The number of aliphatic hydroxyl groups excluding tert-OH is 1. The van der Waals surface area contributed by atoms with Crippen LogP contribution in [-0.4, -0.2) is 54.0 Å². The Morgan fingerprint density at radius 2 is 2.09 bits per heavy atom. The average molecular weight is 503 g/mol. The molecule has 4 rings (SSSR count). The number of thiazole rings is 1. The maximum absolute atomic E-state index is 13.0. The van der Waals surface area contributed by atoms with Crippen molar-refractivity contribution in [1.29, 1.82) is 0 Å². The minimum absolute atomic E-state index is 0.0696. The highest BCUT2D eigenvalue weighted by Crippen LogP contribution is 2.36. The summed E-state index contributed by atoms with van der Waals surface area (Å²) in [5.41, 5.74) is 2.46. The second kappa shape index (κ2) is 11.0. The van der Waals surface area contributed by atoms with Crippen LogP contribution in [-0.2, 0) is 16.1 Å². The van der Waals surface area contributed by atoms with Gasteiger partial charge in [0, 0.05) is 40.5 Å². The first-order valence-corrected chi connectivity index (χ1v) is 12.7. The highest BCUT2D eigenvalue weighted by atomic mass is 32.2. The number of hydrogen-bond acceptors (Lipinski definition) is 9. The number of hydrogen-bond donors (Lipinski definition) is 2. The van der Waals surface area contributed by atoms with Crippen molar-refractivity contribution in [3.8, 4) is 17.1 Å². The van der Waals surface area contributed by atoms with Crippen molar-refractivity contribution in [2.75, 3.05) is 22.8 Å². The van der Waals surface area contributed by atoms with Gasteiger partial charge in [0.1, 0.15) is 0 Å². The first kappa shape index (κ1) is 24.2. The smallest absolute Gasteiger partial charge is 0.233 e. The van der Waals surface area contributed by atoms with Crippen LogP contribution in [0.1, 0.15) is 37.8 Å². The zero-order valence-corrected chi connectivity index (χ0v) is 20.1. The molecule has 1 amide bonds. The molecule has 3 aromatic rings. The van der Waals surface area contributed by atoms with Crippen LogP contribution in [0.15, 0.2) is 42.0 Å². The highest BCUT2D eigenvalue weighted by Gasteiger charge is 2.33. The number of nitrogens with zero attached hydrogens (tertiary/aromatic N) is 4. The van der Waals surface area contributed by atoms with Gasteiger partial charge in [-0.3, -0.25) is 18.3 Å². The third kappa shape index (κ3) is 5.76. The molecule has 1 fully saturated rings. The number of benzene rings is 1. The van der Waals surface area contributed by atoms with Gasteiger partial charge < -0.3 is 19.7 Å². The molecule has 1 aliphatic carbocycles. The quantitative estimate of drug-likeness (QED) is 0.381. The molecule has 1 aromatic carbocycles. The van der Waals surface area contributed by atoms with Gasteiger partial charge in [-0.15, -0.1) is 11.3 Å². The summed E-state index contributed by atoms with van der Waals surface area (Å²) in [7, 11) is 0. The Labute approximate surface area is 203 Å². The zero-order chi connectivity index (χ0) is 24.1. The van der Waals surface area contributed by atoms with Crippen molar-refractivity contribution in [3.63, 3.8) is 0 Å². The molecule has 34 heavy (non-hydrogen) atoms. The van der Waals surface area contributed by atoms with Crippen molar-refractivity contribution < 1.29 is 23.4 Å². The fourth-order valence-corrected chi connectivity index (χ4v) is 5.18. The van der Waals surface area contributed by atoms with Crippen LogP contribution < -0.4 is 14.4 Å². The summed E-state index contributed by atoms with van der Waals surface area (Å²) in [5.74, 6) is -0.615. The molecule has 180 valence electrons. The van der Waals surface area contributed by atoms with Crippen LogP contribution in [0.4, 0.5) is 10.8 Å². The van der Waals surface area contributed by atoms with Crippen LogP contribution >= 0.6 is 11.3 Å². The molecule has 0 spiro atoms. The Kier molecular flexibility index (Phi) is 7.83. The number of ether oxygens (including phenoxy) is 1. The first-order valence-electron chi connectivity index (χ1n) is 10.8. The molecule has 0 saturated heterocycles. The van der Waals surface area contributed by atoms with Gasteiger partial charge in [0.25, 0.3) is 0 Å². The van der Waals surface area contributed by atoms with Gasteiger partial charge in [-0.25, -0.2) is 9.97 Å². The lowest BCUT2D eigenvalue weighted by Gasteiger charge is -2.23. The predicted molar refractivity (Wildman–Crippen MR) is 128 cm³/mol. The molecular weight excluding hydrogens is 478 g/mol. The maximum atomic E-state index is 13.0. The van der Waals surface area contributed by atoms with Crippen molar-refractivity contribution in [3.05, 3.63) is 47.7 Å². The van der Waals surface area contributed by atoms with Crippen LogP contribution in [0.5, 0.6) is 5.88 Å². The highest BCUT2D eigenvalue weighted by molar-refractivity contribution is 7.81. The van der Waals surface area contributed by atoms with Gasteiger partial charge in [-0.2, -0.15) is 0 Å². The van der Waals surface area contributed by atoms with Gasteiger partial charge in [0.05, 0.1) is 36.3 Å². The van der Waals surface area contributed by atoms with Crippen molar-refractivity contribution in [1.82, 2.24) is 15.0 Å². The lowest BCUT2D eigenvalue weighted by molar-refractivity contribution is -0.118. The second-order valence-electron chi connectivity index (χ2n) is 7.64. The van der Waals surface area contributed by atoms with Gasteiger partial charge in [-0.05, 0) is 38.3 Å². The van der Waals surface area contributed by atoms with Gasteiger partial charge in [0.15, 0.2) is 5.13 Å². The summed E-state index contributed by atoms with van der Waals surface area (Å²) >= 11 is -1.25. The topological polar surface area (TPSA) is 141 Å². The third-order valence-corrected chi connectivity index (χ3v) is 6.95. The molecule has 1 saturated carbocycles. The second-order valence-corrected chi connectivity index (χ2v) is 9.30. The van der Waals surface area contributed by atoms with Crippen LogP contribution in [0.25, 0.3) is 11.3 Å². The monoisotopic (exact) mass is 502 g/mol. The van der Waals surface area contributed by atoms with Crippen molar-refractivity contribution >= 4 is 39.3 Å². The maximum Gasteiger partial charge on any atom is 0.233 e. The number of nitrogens with one attached hydrogen (secondary N) is 1. The molecule has 0 bridgehead atoms. The summed E-state index contributed by atoms with van der Waals surface area (Å²) in [6.45, 7) is 2.15. The Hall–Kier alpha value is -2.93. The minimum atomic E-state index is -2.42. The van der Waals surface area contributed by atoms with Crippen molar-refractivity contribution in [2.24, 2.45) is 0 Å². The van der Waals surface area contributed by atoms with Gasteiger partial charge in [0.2, 0.25) is 11.8 Å². The van der Waals surface area contributed by atoms with Gasteiger partial charge >= 0.3 is 0 Å². The predicted octanol–water partition coefficient (Wildman–Crippen LogP) is 2.87. The lowest BCUT2D eigenvalue weighted by atomic mass is 10.0. The molecule has 0 aliphatic heterocycles. The van der Waals surface area contributed by atoms with E-state index in [-0.39, 0.29) is 25.0 Å². The van der Waals surface area contributed by atoms with E-state index >= 15 is 0 Å². The minimum Gasteiger partial charge on any atom is -0.755 e. The zero-order valence-electron chi connectivity index (χ0n) is 18.4. The molecular formula is C22H24N5O5S2-. The number of anilines is 2. The SMILES string of the molecule is CCOc1cncc(-c2ccc(NC(=O)C(CCO)c3csc(N(C4CC4)S(=O)[O-])n3)cc2)n1. The number of aromatic nitrogens is 3. The lowest BCUT2D eigenvalue weighted by Crippen LogP contribution is -2.28. The standard InChI is InChI=1S/C22H25N5O5S2/c1-2-32-20-12-23-11-18(25-20)14-3-5-15(6-4-14)24-21(29)17(9-10-28)19-13-33-22(26-19)27(34(30)31)16-7-8-16/h3-6,11-13,16-17,28H,2,7-10H2,1H3,(H,24,29)(H,30,31)/p-1.